The molecule has 0 atom stereocenters. The van der Waals surface area contributed by atoms with Gasteiger partial charge in [0, 0.05) is 12.4 Å². The van der Waals surface area contributed by atoms with Gasteiger partial charge in [-0.15, -0.1) is 0 Å². The van der Waals surface area contributed by atoms with Crippen molar-refractivity contribution >= 4 is 51.7 Å². The van der Waals surface area contributed by atoms with E-state index in [2.05, 4.69) is 4.99 Å². The summed E-state index contributed by atoms with van der Waals surface area (Å²) in [6.45, 7) is 0. The van der Waals surface area contributed by atoms with Crippen LogP contribution >= 0.6 is 23.2 Å². The third kappa shape index (κ3) is 1.24. The molecule has 0 unspecified atom stereocenters. The van der Waals surface area contributed by atoms with Crippen LogP contribution in [0.15, 0.2) is 29.3 Å². The minimum atomic E-state index is 0.653. The Labute approximate surface area is 103 Å². The van der Waals surface area contributed by atoms with E-state index < -0.39 is 0 Å². The number of hydrogen-bond acceptors (Lipinski definition) is 2. The van der Waals surface area contributed by atoms with Crippen LogP contribution in [0, 0.1) is 0 Å². The van der Waals surface area contributed by atoms with Crippen LogP contribution in [0.25, 0.3) is 10.8 Å². The first-order valence-electron chi connectivity index (χ1n) is 4.86. The highest BCUT2D eigenvalue weighted by Crippen LogP contribution is 2.44. The number of nitrogens with zero attached hydrogens (tertiary/aromatic N) is 2. The average Bonchev–Trinajstić information content (AvgIpc) is 2.27. The zero-order chi connectivity index (χ0) is 11.3. The fourth-order valence-corrected chi connectivity index (χ4v) is 2.50. The Morgan fingerprint density at radius 3 is 2.50 bits per heavy atom. The summed E-state index contributed by atoms with van der Waals surface area (Å²) < 4.78 is 0. The lowest BCUT2D eigenvalue weighted by atomic mass is 10.1. The molecular weight excluding hydrogens is 243 g/mol. The van der Waals surface area contributed by atoms with E-state index in [0.29, 0.717) is 10.0 Å². The second kappa shape index (κ2) is 3.37. The van der Waals surface area contributed by atoms with Gasteiger partial charge in [0.2, 0.25) is 0 Å². The van der Waals surface area contributed by atoms with Crippen molar-refractivity contribution in [1.29, 1.82) is 0 Å². The smallest absolute Gasteiger partial charge is 0.0955 e. The van der Waals surface area contributed by atoms with Crippen LogP contribution in [0.4, 0.5) is 11.4 Å². The van der Waals surface area contributed by atoms with Crippen LogP contribution in [-0.4, -0.2) is 13.4 Å². The molecule has 0 bridgehead atoms. The summed E-state index contributed by atoms with van der Waals surface area (Å²) in [5.74, 6) is 0. The Morgan fingerprint density at radius 2 is 1.75 bits per heavy atom. The van der Waals surface area contributed by atoms with Crippen molar-refractivity contribution in [2.45, 2.75) is 0 Å². The van der Waals surface area contributed by atoms with E-state index in [4.69, 9.17) is 23.2 Å². The molecule has 80 valence electrons. The van der Waals surface area contributed by atoms with Crippen molar-refractivity contribution in [3.63, 3.8) is 0 Å². The monoisotopic (exact) mass is 250 g/mol. The summed E-state index contributed by atoms with van der Waals surface area (Å²) in [5, 5.41) is 3.48. The highest BCUT2D eigenvalue weighted by molar-refractivity contribution is 6.39. The Bertz CT molecular complexity index is 615. The van der Waals surface area contributed by atoms with Gasteiger partial charge >= 0.3 is 0 Å². The average molecular weight is 251 g/mol. The van der Waals surface area contributed by atoms with Gasteiger partial charge < -0.3 is 4.90 Å². The molecule has 1 aliphatic rings. The predicted octanol–water partition coefficient (Wildman–Crippen LogP) is 4.26. The maximum absolute atomic E-state index is 6.21. The second-order valence-corrected chi connectivity index (χ2v) is 4.56. The minimum absolute atomic E-state index is 0.653. The van der Waals surface area contributed by atoms with Crippen LogP contribution in [-0.2, 0) is 0 Å². The van der Waals surface area contributed by atoms with Crippen LogP contribution in [0.1, 0.15) is 0 Å². The SMILES string of the molecule is CN1C=Nc2c(Cl)ccc3ccc(Cl)c1c23. The van der Waals surface area contributed by atoms with Crippen molar-refractivity contribution in [2.24, 2.45) is 4.99 Å². The van der Waals surface area contributed by atoms with Gasteiger partial charge in [-0.2, -0.15) is 0 Å². The molecule has 0 fully saturated rings. The molecule has 16 heavy (non-hydrogen) atoms. The first kappa shape index (κ1) is 9.94. The van der Waals surface area contributed by atoms with E-state index in [1.54, 1.807) is 6.34 Å². The molecule has 0 saturated carbocycles. The Morgan fingerprint density at radius 1 is 1.06 bits per heavy atom. The van der Waals surface area contributed by atoms with Gasteiger partial charge in [-0.25, -0.2) is 4.99 Å². The van der Waals surface area contributed by atoms with Crippen LogP contribution < -0.4 is 4.90 Å². The number of aliphatic imine (C=N–C) groups is 1. The summed E-state index contributed by atoms with van der Waals surface area (Å²) >= 11 is 12.3. The van der Waals surface area contributed by atoms with Crippen molar-refractivity contribution in [1.82, 2.24) is 0 Å². The van der Waals surface area contributed by atoms with Crippen LogP contribution in [0.5, 0.6) is 0 Å². The highest BCUT2D eigenvalue weighted by atomic mass is 35.5. The highest BCUT2D eigenvalue weighted by Gasteiger charge is 2.18. The molecule has 1 aliphatic heterocycles. The summed E-state index contributed by atoms with van der Waals surface area (Å²) in [7, 11) is 1.92. The molecule has 0 amide bonds. The zero-order valence-electron chi connectivity index (χ0n) is 8.54. The molecular formula is C12H8Cl2N2. The molecule has 2 nitrogen and oxygen atoms in total. The first-order valence-corrected chi connectivity index (χ1v) is 5.62. The number of benzene rings is 2. The predicted molar refractivity (Wildman–Crippen MR) is 70.5 cm³/mol. The Hall–Kier alpha value is -1.25. The van der Waals surface area contributed by atoms with Crippen molar-refractivity contribution in [2.75, 3.05) is 11.9 Å². The van der Waals surface area contributed by atoms with Gasteiger partial charge in [-0.3, -0.25) is 0 Å². The number of rotatable bonds is 0. The molecule has 0 saturated heterocycles. The fourth-order valence-electron chi connectivity index (χ4n) is 2.00. The van der Waals surface area contributed by atoms with Gasteiger partial charge in [0.15, 0.2) is 0 Å². The number of halogens is 2. The third-order valence-electron chi connectivity index (χ3n) is 2.75. The van der Waals surface area contributed by atoms with E-state index >= 15 is 0 Å². The van der Waals surface area contributed by atoms with Gasteiger partial charge in [-0.05, 0) is 17.5 Å². The molecule has 2 aromatic rings. The largest absolute Gasteiger partial charge is 0.334 e. The lowest BCUT2D eigenvalue weighted by Crippen LogP contribution is -2.17. The Balaban J connectivity index is 2.56. The van der Waals surface area contributed by atoms with E-state index in [-0.39, 0.29) is 0 Å². The molecule has 0 aliphatic carbocycles. The van der Waals surface area contributed by atoms with E-state index in [1.807, 2.05) is 36.2 Å². The summed E-state index contributed by atoms with van der Waals surface area (Å²) in [6, 6.07) is 7.72. The molecule has 1 heterocycles. The fraction of sp³-hybridized carbons (Fsp3) is 0.0833. The van der Waals surface area contributed by atoms with Gasteiger partial charge in [0.05, 0.1) is 27.8 Å². The topological polar surface area (TPSA) is 15.6 Å². The first-order chi connectivity index (χ1) is 7.68. The van der Waals surface area contributed by atoms with Crippen molar-refractivity contribution in [3.05, 3.63) is 34.3 Å². The maximum Gasteiger partial charge on any atom is 0.0955 e. The second-order valence-electron chi connectivity index (χ2n) is 3.75. The summed E-state index contributed by atoms with van der Waals surface area (Å²) in [5.41, 5.74) is 1.77. The molecule has 3 rings (SSSR count). The number of anilines is 1. The number of hydrogen-bond donors (Lipinski definition) is 0. The van der Waals surface area contributed by atoms with E-state index in [0.717, 1.165) is 22.1 Å². The minimum Gasteiger partial charge on any atom is -0.334 e. The molecule has 0 N–H and O–H groups in total. The van der Waals surface area contributed by atoms with Crippen molar-refractivity contribution in [3.8, 4) is 0 Å². The Kier molecular flexibility index (Phi) is 2.09. The molecule has 0 aromatic heterocycles. The summed E-state index contributed by atoms with van der Waals surface area (Å²) in [6.07, 6.45) is 1.73. The standard InChI is InChI=1S/C12H8Cl2N2/c1-16-6-15-11-8(13)4-2-7-3-5-9(14)12(16)10(7)11/h2-6H,1H3. The normalized spacial score (nSPS) is 13.6. The van der Waals surface area contributed by atoms with Gasteiger partial charge in [0.1, 0.15) is 0 Å². The summed E-state index contributed by atoms with van der Waals surface area (Å²) in [4.78, 5) is 6.25. The van der Waals surface area contributed by atoms with Crippen molar-refractivity contribution < 1.29 is 0 Å². The lowest BCUT2D eigenvalue weighted by molar-refractivity contribution is 1.28. The molecule has 4 heteroatoms. The van der Waals surface area contributed by atoms with E-state index in [9.17, 15) is 0 Å². The third-order valence-corrected chi connectivity index (χ3v) is 3.36. The molecule has 0 spiro atoms. The molecule has 2 aromatic carbocycles. The van der Waals surface area contributed by atoms with Crippen LogP contribution in [0.2, 0.25) is 10.0 Å². The maximum atomic E-state index is 6.21. The van der Waals surface area contributed by atoms with Crippen LogP contribution in [0.3, 0.4) is 0 Å². The van der Waals surface area contributed by atoms with Gasteiger partial charge in [-0.1, -0.05) is 35.3 Å². The van der Waals surface area contributed by atoms with E-state index in [1.165, 1.54) is 0 Å². The lowest BCUT2D eigenvalue weighted by Gasteiger charge is -2.23. The zero-order valence-corrected chi connectivity index (χ0v) is 10.0. The van der Waals surface area contributed by atoms with Gasteiger partial charge in [0.25, 0.3) is 0 Å². The molecule has 0 radical (unpaired) electrons. The quantitative estimate of drug-likeness (QED) is 0.683.